The lowest BCUT2D eigenvalue weighted by Crippen LogP contribution is -2.30. The Kier molecular flexibility index (Phi) is 4.40. The molecule has 2 rings (SSSR count). The van der Waals surface area contributed by atoms with Crippen molar-refractivity contribution in [2.24, 2.45) is 0 Å². The highest BCUT2D eigenvalue weighted by Crippen LogP contribution is 2.23. The van der Waals surface area contributed by atoms with E-state index < -0.39 is 8.32 Å². The van der Waals surface area contributed by atoms with E-state index in [9.17, 15) is 4.79 Å². The van der Waals surface area contributed by atoms with Crippen LogP contribution in [0.15, 0.2) is 54.6 Å². The lowest BCUT2D eigenvalue weighted by atomic mass is 10.0. The molecular formula is C17H20O2Si. The van der Waals surface area contributed by atoms with Gasteiger partial charge in [-0.3, -0.25) is 4.79 Å². The predicted octanol–water partition coefficient (Wildman–Crippen LogP) is 4.33. The zero-order valence-corrected chi connectivity index (χ0v) is 13.2. The van der Waals surface area contributed by atoms with Gasteiger partial charge in [-0.1, -0.05) is 42.5 Å². The third-order valence-electron chi connectivity index (χ3n) is 2.81. The third-order valence-corrected chi connectivity index (χ3v) is 3.64. The van der Waals surface area contributed by atoms with Crippen molar-refractivity contribution in [3.8, 4) is 5.75 Å². The van der Waals surface area contributed by atoms with Crippen LogP contribution in [0.2, 0.25) is 19.6 Å². The molecule has 20 heavy (non-hydrogen) atoms. The van der Waals surface area contributed by atoms with Gasteiger partial charge in [-0.15, -0.1) is 0 Å². The first-order valence-electron chi connectivity index (χ1n) is 6.81. The Morgan fingerprint density at radius 3 is 2.20 bits per heavy atom. The number of para-hydroxylation sites is 1. The highest BCUT2D eigenvalue weighted by Gasteiger charge is 2.20. The molecule has 0 aliphatic rings. The molecule has 104 valence electrons. The van der Waals surface area contributed by atoms with Gasteiger partial charge in [-0.25, -0.2) is 0 Å². The van der Waals surface area contributed by atoms with Crippen molar-refractivity contribution in [3.63, 3.8) is 0 Å². The van der Waals surface area contributed by atoms with Crippen molar-refractivity contribution in [3.05, 3.63) is 65.7 Å². The summed E-state index contributed by atoms with van der Waals surface area (Å²) in [5, 5.41) is 0. The molecule has 0 N–H and O–H groups in total. The second-order valence-electron chi connectivity index (χ2n) is 5.80. The van der Waals surface area contributed by atoms with E-state index in [0.717, 1.165) is 5.56 Å². The number of carbonyl (C=O) groups is 1. The molecule has 0 fully saturated rings. The quantitative estimate of drug-likeness (QED) is 0.603. The summed E-state index contributed by atoms with van der Waals surface area (Å²) in [5.41, 5.74) is 1.71. The van der Waals surface area contributed by atoms with E-state index in [-0.39, 0.29) is 5.78 Å². The van der Waals surface area contributed by atoms with Crippen LogP contribution in [-0.4, -0.2) is 14.1 Å². The summed E-state index contributed by atoms with van der Waals surface area (Å²) in [7, 11) is -1.72. The van der Waals surface area contributed by atoms with Crippen LogP contribution in [0.5, 0.6) is 5.75 Å². The SMILES string of the molecule is C[Si](C)(C)Oc1ccccc1C(=O)Cc1ccccc1. The molecule has 0 bridgehead atoms. The Morgan fingerprint density at radius 1 is 0.950 bits per heavy atom. The Labute approximate surface area is 121 Å². The van der Waals surface area contributed by atoms with E-state index in [1.165, 1.54) is 0 Å². The Morgan fingerprint density at radius 2 is 1.55 bits per heavy atom. The molecule has 2 aromatic rings. The Balaban J connectivity index is 2.22. The summed E-state index contributed by atoms with van der Waals surface area (Å²) < 4.78 is 6.01. The van der Waals surface area contributed by atoms with Crippen LogP contribution in [0, 0.1) is 0 Å². The second-order valence-corrected chi connectivity index (χ2v) is 10.2. The van der Waals surface area contributed by atoms with Gasteiger partial charge in [-0.2, -0.15) is 0 Å². The van der Waals surface area contributed by atoms with Crippen molar-refractivity contribution in [2.75, 3.05) is 0 Å². The van der Waals surface area contributed by atoms with Gasteiger partial charge >= 0.3 is 0 Å². The summed E-state index contributed by atoms with van der Waals surface area (Å²) in [6, 6.07) is 17.3. The minimum absolute atomic E-state index is 0.102. The molecule has 0 amide bonds. The molecule has 0 atom stereocenters. The van der Waals surface area contributed by atoms with E-state index >= 15 is 0 Å². The number of rotatable bonds is 5. The number of hydrogen-bond donors (Lipinski definition) is 0. The maximum Gasteiger partial charge on any atom is 0.242 e. The van der Waals surface area contributed by atoms with Crippen LogP contribution in [-0.2, 0) is 6.42 Å². The Hall–Kier alpha value is -1.87. The van der Waals surface area contributed by atoms with Gasteiger partial charge in [-0.05, 0) is 37.3 Å². The topological polar surface area (TPSA) is 26.3 Å². The van der Waals surface area contributed by atoms with Crippen molar-refractivity contribution in [1.82, 2.24) is 0 Å². The zero-order valence-electron chi connectivity index (χ0n) is 12.2. The van der Waals surface area contributed by atoms with Crippen LogP contribution < -0.4 is 4.43 Å². The zero-order chi connectivity index (χ0) is 14.6. The van der Waals surface area contributed by atoms with E-state index in [0.29, 0.717) is 17.7 Å². The van der Waals surface area contributed by atoms with E-state index in [1.807, 2.05) is 54.6 Å². The van der Waals surface area contributed by atoms with Crippen LogP contribution in [0.25, 0.3) is 0 Å². The fourth-order valence-corrected chi connectivity index (χ4v) is 2.83. The average Bonchev–Trinajstić information content (AvgIpc) is 2.38. The lowest BCUT2D eigenvalue weighted by molar-refractivity contribution is 0.0991. The van der Waals surface area contributed by atoms with Crippen LogP contribution >= 0.6 is 0 Å². The molecule has 0 aliphatic carbocycles. The standard InChI is InChI=1S/C17H20O2Si/c1-20(2,3)19-17-12-8-7-11-15(17)16(18)13-14-9-5-4-6-10-14/h4-12H,13H2,1-3H3. The molecule has 0 heterocycles. The summed E-state index contributed by atoms with van der Waals surface area (Å²) in [6.07, 6.45) is 0.410. The van der Waals surface area contributed by atoms with Crippen molar-refractivity contribution in [2.45, 2.75) is 26.1 Å². The molecule has 0 aromatic heterocycles. The summed E-state index contributed by atoms with van der Waals surface area (Å²) in [4.78, 5) is 12.5. The largest absolute Gasteiger partial charge is 0.544 e. The van der Waals surface area contributed by atoms with Gasteiger partial charge in [0.25, 0.3) is 0 Å². The van der Waals surface area contributed by atoms with Gasteiger partial charge < -0.3 is 4.43 Å². The van der Waals surface area contributed by atoms with Crippen molar-refractivity contribution < 1.29 is 9.22 Å². The smallest absolute Gasteiger partial charge is 0.242 e. The molecule has 0 unspecified atom stereocenters. The van der Waals surface area contributed by atoms with Gasteiger partial charge in [0.05, 0.1) is 5.56 Å². The molecular weight excluding hydrogens is 264 g/mol. The molecule has 0 radical (unpaired) electrons. The number of ketones is 1. The molecule has 3 heteroatoms. The van der Waals surface area contributed by atoms with Crippen LogP contribution in [0.1, 0.15) is 15.9 Å². The third kappa shape index (κ3) is 4.07. The van der Waals surface area contributed by atoms with Gasteiger partial charge in [0.15, 0.2) is 5.78 Å². The molecule has 0 spiro atoms. The minimum atomic E-state index is -1.72. The molecule has 0 saturated heterocycles. The number of carbonyl (C=O) groups excluding carboxylic acids is 1. The number of Topliss-reactive ketones (excluding diaryl/α,β-unsaturated/α-hetero) is 1. The van der Waals surface area contributed by atoms with Gasteiger partial charge in [0.2, 0.25) is 8.32 Å². The maximum atomic E-state index is 12.5. The van der Waals surface area contributed by atoms with Crippen molar-refractivity contribution >= 4 is 14.1 Å². The first-order chi connectivity index (χ1) is 9.46. The first-order valence-corrected chi connectivity index (χ1v) is 10.2. The molecule has 0 saturated carbocycles. The molecule has 0 aliphatic heterocycles. The first kappa shape index (κ1) is 14.5. The van der Waals surface area contributed by atoms with Gasteiger partial charge in [0, 0.05) is 6.42 Å². The van der Waals surface area contributed by atoms with Crippen molar-refractivity contribution in [1.29, 1.82) is 0 Å². The van der Waals surface area contributed by atoms with Crippen LogP contribution in [0.4, 0.5) is 0 Å². The fraction of sp³-hybridized carbons (Fsp3) is 0.235. The number of benzene rings is 2. The predicted molar refractivity (Wildman–Crippen MR) is 84.9 cm³/mol. The summed E-state index contributed by atoms with van der Waals surface area (Å²) >= 11 is 0. The van der Waals surface area contributed by atoms with Crippen LogP contribution in [0.3, 0.4) is 0 Å². The van der Waals surface area contributed by atoms with E-state index in [2.05, 4.69) is 19.6 Å². The minimum Gasteiger partial charge on any atom is -0.544 e. The Bertz CT molecular complexity index is 585. The fourth-order valence-electron chi connectivity index (χ4n) is 1.99. The second kappa shape index (κ2) is 6.05. The number of hydrogen-bond acceptors (Lipinski definition) is 2. The normalized spacial score (nSPS) is 11.2. The van der Waals surface area contributed by atoms with E-state index in [1.54, 1.807) is 0 Å². The molecule has 2 aromatic carbocycles. The average molecular weight is 284 g/mol. The van der Waals surface area contributed by atoms with Gasteiger partial charge in [0.1, 0.15) is 5.75 Å². The molecule has 2 nitrogen and oxygen atoms in total. The van der Waals surface area contributed by atoms with E-state index in [4.69, 9.17) is 4.43 Å². The lowest BCUT2D eigenvalue weighted by Gasteiger charge is -2.21. The monoisotopic (exact) mass is 284 g/mol. The highest BCUT2D eigenvalue weighted by molar-refractivity contribution is 6.70. The highest BCUT2D eigenvalue weighted by atomic mass is 28.4. The summed E-state index contributed by atoms with van der Waals surface area (Å²) in [6.45, 7) is 6.35. The maximum absolute atomic E-state index is 12.5. The summed E-state index contributed by atoms with van der Waals surface area (Å²) in [5.74, 6) is 0.817.